The van der Waals surface area contributed by atoms with Gasteiger partial charge >= 0.3 is 5.97 Å². The van der Waals surface area contributed by atoms with Crippen LogP contribution in [0.25, 0.3) is 0 Å². The number of hydrogen-bond donors (Lipinski definition) is 2. The molecule has 1 amide bonds. The third kappa shape index (κ3) is 5.78. The Balaban J connectivity index is 2.28. The van der Waals surface area contributed by atoms with E-state index in [1.54, 1.807) is 11.8 Å². The average molecular weight is 285 g/mol. The number of carbonyl (C=O) groups is 2. The molecular formula is C12H19N3O3S. The number of aromatic nitrogens is 2. The molecule has 1 aromatic heterocycles. The summed E-state index contributed by atoms with van der Waals surface area (Å²) in [5.41, 5.74) is 1.12. The lowest BCUT2D eigenvalue weighted by Gasteiger charge is -2.12. The molecule has 0 spiro atoms. The zero-order chi connectivity index (χ0) is 14.3. The number of thioether (sulfide) groups is 1. The fourth-order valence-corrected chi connectivity index (χ4v) is 2.48. The minimum Gasteiger partial charge on any atom is -0.480 e. The number of carbonyl (C=O) groups excluding carboxylic acids is 1. The van der Waals surface area contributed by atoms with Gasteiger partial charge in [-0.25, -0.2) is 4.79 Å². The molecule has 0 aliphatic heterocycles. The first kappa shape index (κ1) is 15.6. The summed E-state index contributed by atoms with van der Waals surface area (Å²) in [6.45, 7) is 4.19. The van der Waals surface area contributed by atoms with Crippen molar-refractivity contribution in [3.63, 3.8) is 0 Å². The molecule has 1 aromatic rings. The van der Waals surface area contributed by atoms with E-state index in [1.807, 2.05) is 24.0 Å². The van der Waals surface area contributed by atoms with Crippen molar-refractivity contribution in [2.75, 3.05) is 5.75 Å². The Morgan fingerprint density at radius 3 is 2.84 bits per heavy atom. The van der Waals surface area contributed by atoms with Crippen molar-refractivity contribution in [3.8, 4) is 0 Å². The Morgan fingerprint density at radius 2 is 2.32 bits per heavy atom. The van der Waals surface area contributed by atoms with Crippen LogP contribution in [0.15, 0.2) is 12.4 Å². The summed E-state index contributed by atoms with van der Waals surface area (Å²) < 4.78 is 1.85. The molecule has 0 saturated heterocycles. The number of rotatable bonds is 8. The first-order valence-electron chi connectivity index (χ1n) is 6.12. The Labute approximate surface area is 116 Å². The summed E-state index contributed by atoms with van der Waals surface area (Å²) in [5, 5.41) is 15.5. The van der Waals surface area contributed by atoms with Crippen LogP contribution in [0.3, 0.4) is 0 Å². The van der Waals surface area contributed by atoms with Crippen LogP contribution >= 0.6 is 11.8 Å². The van der Waals surface area contributed by atoms with Gasteiger partial charge in [0.1, 0.15) is 6.04 Å². The van der Waals surface area contributed by atoms with Crippen molar-refractivity contribution in [2.45, 2.75) is 38.6 Å². The predicted molar refractivity (Wildman–Crippen MR) is 73.9 cm³/mol. The number of amides is 1. The fourth-order valence-electron chi connectivity index (χ4n) is 1.55. The van der Waals surface area contributed by atoms with E-state index in [-0.39, 0.29) is 5.91 Å². The lowest BCUT2D eigenvalue weighted by Crippen LogP contribution is -2.39. The average Bonchev–Trinajstić information content (AvgIpc) is 2.80. The number of aryl methyl sites for hydroxylation is 1. The van der Waals surface area contributed by atoms with Crippen LogP contribution in [0, 0.1) is 0 Å². The van der Waals surface area contributed by atoms with E-state index < -0.39 is 12.0 Å². The van der Waals surface area contributed by atoms with Crippen molar-refractivity contribution < 1.29 is 14.7 Å². The summed E-state index contributed by atoms with van der Waals surface area (Å²) in [7, 11) is 0. The molecule has 0 radical (unpaired) electrons. The van der Waals surface area contributed by atoms with Gasteiger partial charge in [-0.05, 0) is 24.7 Å². The van der Waals surface area contributed by atoms with E-state index >= 15 is 0 Å². The van der Waals surface area contributed by atoms with Gasteiger partial charge in [-0.2, -0.15) is 16.9 Å². The molecule has 0 saturated carbocycles. The smallest absolute Gasteiger partial charge is 0.326 e. The summed E-state index contributed by atoms with van der Waals surface area (Å²) in [6, 6.07) is -0.802. The van der Waals surface area contributed by atoms with Gasteiger partial charge in [0.2, 0.25) is 5.91 Å². The normalized spacial score (nSPS) is 12.1. The second-order valence-corrected chi connectivity index (χ2v) is 5.24. The summed E-state index contributed by atoms with van der Waals surface area (Å²) in [6.07, 6.45) is 4.22. The molecule has 106 valence electrons. The fraction of sp³-hybridized carbons (Fsp3) is 0.583. The lowest BCUT2D eigenvalue weighted by molar-refractivity contribution is -0.141. The van der Waals surface area contributed by atoms with Crippen LogP contribution in [0.2, 0.25) is 0 Å². The zero-order valence-electron chi connectivity index (χ0n) is 11.1. The molecule has 2 N–H and O–H groups in total. The molecule has 0 aliphatic carbocycles. The van der Waals surface area contributed by atoms with Gasteiger partial charge in [-0.15, -0.1) is 0 Å². The molecule has 1 heterocycles. The Kier molecular flexibility index (Phi) is 6.41. The third-order valence-electron chi connectivity index (χ3n) is 2.51. The van der Waals surface area contributed by atoms with Crippen molar-refractivity contribution >= 4 is 23.6 Å². The second-order valence-electron chi connectivity index (χ2n) is 4.14. The van der Waals surface area contributed by atoms with Gasteiger partial charge < -0.3 is 10.4 Å². The Morgan fingerprint density at radius 1 is 1.58 bits per heavy atom. The molecule has 1 unspecified atom stereocenters. The van der Waals surface area contributed by atoms with Gasteiger partial charge in [0, 0.05) is 25.4 Å². The van der Waals surface area contributed by atoms with E-state index in [0.717, 1.165) is 17.9 Å². The molecule has 6 nitrogen and oxygen atoms in total. The van der Waals surface area contributed by atoms with E-state index in [2.05, 4.69) is 10.4 Å². The summed E-state index contributed by atoms with van der Waals surface area (Å²) in [5.74, 6) is 0.164. The number of aliphatic carboxylic acids is 1. The van der Waals surface area contributed by atoms with Gasteiger partial charge in [0.05, 0.1) is 6.20 Å². The van der Waals surface area contributed by atoms with Crippen molar-refractivity contribution in [2.24, 2.45) is 0 Å². The third-order valence-corrected chi connectivity index (χ3v) is 3.57. The Hall–Kier alpha value is -1.50. The quantitative estimate of drug-likeness (QED) is 0.699. The maximum absolute atomic E-state index is 10.9. The van der Waals surface area contributed by atoms with Gasteiger partial charge in [0.25, 0.3) is 0 Å². The van der Waals surface area contributed by atoms with Crippen LogP contribution < -0.4 is 5.32 Å². The minimum atomic E-state index is -0.991. The van der Waals surface area contributed by atoms with Crippen molar-refractivity contribution in [1.82, 2.24) is 15.1 Å². The number of hydrogen-bond acceptors (Lipinski definition) is 4. The highest BCUT2D eigenvalue weighted by molar-refractivity contribution is 7.98. The predicted octanol–water partition coefficient (Wildman–Crippen LogP) is 1.12. The monoisotopic (exact) mass is 285 g/mol. The van der Waals surface area contributed by atoms with Crippen LogP contribution in [0.5, 0.6) is 0 Å². The largest absolute Gasteiger partial charge is 0.480 e. The number of nitrogens with zero attached hydrogens (tertiary/aromatic N) is 2. The molecule has 19 heavy (non-hydrogen) atoms. The molecule has 7 heteroatoms. The lowest BCUT2D eigenvalue weighted by atomic mass is 10.2. The van der Waals surface area contributed by atoms with Gasteiger partial charge in [-0.1, -0.05) is 0 Å². The van der Waals surface area contributed by atoms with E-state index in [9.17, 15) is 9.59 Å². The van der Waals surface area contributed by atoms with Gasteiger partial charge in [0.15, 0.2) is 0 Å². The van der Waals surface area contributed by atoms with E-state index in [1.165, 1.54) is 6.92 Å². The second kappa shape index (κ2) is 7.83. The molecule has 0 bridgehead atoms. The Bertz CT molecular complexity index is 434. The highest BCUT2D eigenvalue weighted by atomic mass is 32.2. The molecule has 1 rings (SSSR count). The number of carboxylic acids is 1. The SMILES string of the molecule is CCn1cc(CSCCC(NC(C)=O)C(=O)O)cn1. The first-order chi connectivity index (χ1) is 9.02. The highest BCUT2D eigenvalue weighted by Crippen LogP contribution is 2.13. The molecular weight excluding hydrogens is 266 g/mol. The zero-order valence-corrected chi connectivity index (χ0v) is 11.9. The maximum atomic E-state index is 10.9. The number of nitrogens with one attached hydrogen (secondary N) is 1. The topological polar surface area (TPSA) is 84.2 Å². The highest BCUT2D eigenvalue weighted by Gasteiger charge is 2.17. The summed E-state index contributed by atoms with van der Waals surface area (Å²) >= 11 is 1.64. The molecule has 0 aliphatic rings. The standard InChI is InChI=1S/C12H19N3O3S/c1-3-15-7-10(6-13-15)8-19-5-4-11(12(17)18)14-9(2)16/h6-7,11H,3-5,8H2,1-2H3,(H,14,16)(H,17,18). The first-order valence-corrected chi connectivity index (χ1v) is 7.27. The van der Waals surface area contributed by atoms with Gasteiger partial charge in [-0.3, -0.25) is 9.48 Å². The van der Waals surface area contributed by atoms with E-state index in [0.29, 0.717) is 12.2 Å². The molecule has 0 fully saturated rings. The molecule has 0 aromatic carbocycles. The van der Waals surface area contributed by atoms with E-state index in [4.69, 9.17) is 5.11 Å². The molecule has 1 atom stereocenters. The maximum Gasteiger partial charge on any atom is 0.326 e. The van der Waals surface area contributed by atoms with Crippen LogP contribution in [0.1, 0.15) is 25.8 Å². The van der Waals surface area contributed by atoms with Crippen LogP contribution in [-0.4, -0.2) is 38.6 Å². The number of carboxylic acid groups (broad SMARTS) is 1. The van der Waals surface area contributed by atoms with Crippen LogP contribution in [0.4, 0.5) is 0 Å². The van der Waals surface area contributed by atoms with Crippen molar-refractivity contribution in [1.29, 1.82) is 0 Å². The summed E-state index contributed by atoms with van der Waals surface area (Å²) in [4.78, 5) is 21.8. The van der Waals surface area contributed by atoms with Crippen LogP contribution in [-0.2, 0) is 21.9 Å². The van der Waals surface area contributed by atoms with Crippen molar-refractivity contribution in [3.05, 3.63) is 18.0 Å². The minimum absolute atomic E-state index is 0.318.